The van der Waals surface area contributed by atoms with Gasteiger partial charge in [0.2, 0.25) is 0 Å². The zero-order valence-corrected chi connectivity index (χ0v) is 10.3. The van der Waals surface area contributed by atoms with Crippen LogP contribution < -0.4 is 5.73 Å². The summed E-state index contributed by atoms with van der Waals surface area (Å²) in [4.78, 5) is 11.3. The monoisotopic (exact) mass is 237 g/mol. The summed E-state index contributed by atoms with van der Waals surface area (Å²) in [7, 11) is 1.33. The van der Waals surface area contributed by atoms with E-state index in [1.807, 2.05) is 30.3 Å². The van der Waals surface area contributed by atoms with Gasteiger partial charge in [-0.3, -0.25) is 4.79 Å². The SMILES string of the molecule is COC(=O)C(C)(N)CCOCc1ccccc1. The van der Waals surface area contributed by atoms with Crippen LogP contribution in [0.15, 0.2) is 30.3 Å². The predicted molar refractivity (Wildman–Crippen MR) is 65.3 cm³/mol. The Morgan fingerprint density at radius 3 is 2.59 bits per heavy atom. The van der Waals surface area contributed by atoms with Crippen molar-refractivity contribution in [3.63, 3.8) is 0 Å². The van der Waals surface area contributed by atoms with Crippen LogP contribution in [-0.4, -0.2) is 25.2 Å². The molecule has 0 aliphatic heterocycles. The fourth-order valence-corrected chi connectivity index (χ4v) is 1.38. The van der Waals surface area contributed by atoms with Crippen molar-refractivity contribution in [1.29, 1.82) is 0 Å². The minimum absolute atomic E-state index is 0.416. The number of carbonyl (C=O) groups excluding carboxylic acids is 1. The molecular weight excluding hydrogens is 218 g/mol. The maximum Gasteiger partial charge on any atom is 0.325 e. The van der Waals surface area contributed by atoms with E-state index < -0.39 is 11.5 Å². The number of ether oxygens (including phenoxy) is 2. The van der Waals surface area contributed by atoms with E-state index >= 15 is 0 Å². The fourth-order valence-electron chi connectivity index (χ4n) is 1.38. The second kappa shape index (κ2) is 6.37. The number of hydrogen-bond donors (Lipinski definition) is 1. The summed E-state index contributed by atoms with van der Waals surface area (Å²) in [5.41, 5.74) is 5.92. The molecule has 94 valence electrons. The van der Waals surface area contributed by atoms with Crippen molar-refractivity contribution in [2.75, 3.05) is 13.7 Å². The topological polar surface area (TPSA) is 61.5 Å². The lowest BCUT2D eigenvalue weighted by atomic mass is 10.0. The summed E-state index contributed by atoms with van der Waals surface area (Å²) in [5.74, 6) is -0.416. The van der Waals surface area contributed by atoms with Gasteiger partial charge in [0, 0.05) is 6.61 Å². The van der Waals surface area contributed by atoms with E-state index in [0.29, 0.717) is 19.6 Å². The molecule has 0 radical (unpaired) electrons. The van der Waals surface area contributed by atoms with Gasteiger partial charge in [0.05, 0.1) is 13.7 Å². The Hall–Kier alpha value is -1.39. The van der Waals surface area contributed by atoms with E-state index in [0.717, 1.165) is 5.56 Å². The fraction of sp³-hybridized carbons (Fsp3) is 0.462. The van der Waals surface area contributed by atoms with Crippen LogP contribution >= 0.6 is 0 Å². The molecule has 0 fully saturated rings. The number of rotatable bonds is 6. The molecule has 0 saturated carbocycles. The van der Waals surface area contributed by atoms with Crippen LogP contribution in [0.5, 0.6) is 0 Å². The first-order valence-electron chi connectivity index (χ1n) is 5.55. The average molecular weight is 237 g/mol. The Morgan fingerprint density at radius 2 is 2.00 bits per heavy atom. The molecule has 0 aliphatic carbocycles. The van der Waals surface area contributed by atoms with Crippen LogP contribution in [-0.2, 0) is 20.9 Å². The molecule has 1 atom stereocenters. The summed E-state index contributed by atoms with van der Waals surface area (Å²) in [6, 6.07) is 9.85. The molecule has 1 rings (SSSR count). The number of methoxy groups -OCH3 is 1. The maximum atomic E-state index is 11.3. The third kappa shape index (κ3) is 4.54. The van der Waals surface area contributed by atoms with Gasteiger partial charge in [-0.05, 0) is 18.9 Å². The Morgan fingerprint density at radius 1 is 1.35 bits per heavy atom. The molecule has 0 aliphatic rings. The van der Waals surface area contributed by atoms with E-state index in [1.165, 1.54) is 7.11 Å². The lowest BCUT2D eigenvalue weighted by Crippen LogP contribution is -2.46. The number of esters is 1. The number of hydrogen-bond acceptors (Lipinski definition) is 4. The van der Waals surface area contributed by atoms with Crippen LogP contribution in [0.4, 0.5) is 0 Å². The normalized spacial score (nSPS) is 14.1. The van der Waals surface area contributed by atoms with E-state index in [2.05, 4.69) is 4.74 Å². The van der Waals surface area contributed by atoms with Crippen molar-refractivity contribution in [3.8, 4) is 0 Å². The van der Waals surface area contributed by atoms with Crippen molar-refractivity contribution in [1.82, 2.24) is 0 Å². The molecule has 1 aromatic carbocycles. The standard InChI is InChI=1S/C13H19NO3/c1-13(14,12(15)16-2)8-9-17-10-11-6-4-3-5-7-11/h3-7H,8-10,14H2,1-2H3. The Kier molecular flexibility index (Phi) is 5.12. The quantitative estimate of drug-likeness (QED) is 0.601. The van der Waals surface area contributed by atoms with Crippen molar-refractivity contribution in [2.24, 2.45) is 5.73 Å². The van der Waals surface area contributed by atoms with E-state index in [-0.39, 0.29) is 0 Å². The molecule has 2 N–H and O–H groups in total. The van der Waals surface area contributed by atoms with Gasteiger partial charge in [0.15, 0.2) is 0 Å². The van der Waals surface area contributed by atoms with Crippen LogP contribution in [0.25, 0.3) is 0 Å². The third-order valence-electron chi connectivity index (χ3n) is 2.53. The largest absolute Gasteiger partial charge is 0.468 e. The molecule has 4 heteroatoms. The first-order valence-corrected chi connectivity index (χ1v) is 5.55. The van der Waals surface area contributed by atoms with Crippen LogP contribution in [0.3, 0.4) is 0 Å². The van der Waals surface area contributed by atoms with Crippen molar-refractivity contribution >= 4 is 5.97 Å². The molecule has 0 heterocycles. The highest BCUT2D eigenvalue weighted by atomic mass is 16.5. The number of carbonyl (C=O) groups is 1. The van der Waals surface area contributed by atoms with Gasteiger partial charge in [0.25, 0.3) is 0 Å². The molecule has 0 spiro atoms. The average Bonchev–Trinajstić information content (AvgIpc) is 2.35. The summed E-state index contributed by atoms with van der Waals surface area (Å²) < 4.78 is 10.1. The van der Waals surface area contributed by atoms with Gasteiger partial charge in [-0.15, -0.1) is 0 Å². The maximum absolute atomic E-state index is 11.3. The molecule has 0 amide bonds. The van der Waals surface area contributed by atoms with Crippen LogP contribution in [0, 0.1) is 0 Å². The van der Waals surface area contributed by atoms with E-state index in [1.54, 1.807) is 6.92 Å². The lowest BCUT2D eigenvalue weighted by Gasteiger charge is -2.21. The number of benzene rings is 1. The molecule has 0 saturated heterocycles. The highest BCUT2D eigenvalue weighted by Crippen LogP contribution is 2.09. The van der Waals surface area contributed by atoms with Gasteiger partial charge in [-0.25, -0.2) is 0 Å². The summed E-state index contributed by atoms with van der Waals surface area (Å²) in [6.07, 6.45) is 0.437. The molecule has 1 unspecified atom stereocenters. The van der Waals surface area contributed by atoms with Crippen LogP contribution in [0.2, 0.25) is 0 Å². The molecule has 1 aromatic rings. The van der Waals surface area contributed by atoms with Crippen molar-refractivity contribution < 1.29 is 14.3 Å². The molecule has 0 bridgehead atoms. The molecular formula is C13H19NO3. The van der Waals surface area contributed by atoms with Gasteiger partial charge in [-0.1, -0.05) is 30.3 Å². The Bertz CT molecular complexity index is 349. The second-order valence-corrected chi connectivity index (χ2v) is 4.20. The highest BCUT2D eigenvalue weighted by Gasteiger charge is 2.28. The number of nitrogens with two attached hydrogens (primary N) is 1. The van der Waals surface area contributed by atoms with Crippen LogP contribution in [0.1, 0.15) is 18.9 Å². The summed E-state index contributed by atoms with van der Waals surface area (Å²) >= 11 is 0. The van der Waals surface area contributed by atoms with Gasteiger partial charge in [0.1, 0.15) is 5.54 Å². The van der Waals surface area contributed by atoms with Gasteiger partial charge < -0.3 is 15.2 Å². The first kappa shape index (κ1) is 13.7. The summed E-state index contributed by atoms with van der Waals surface area (Å²) in [5, 5.41) is 0. The van der Waals surface area contributed by atoms with E-state index in [4.69, 9.17) is 10.5 Å². The summed E-state index contributed by atoms with van der Waals surface area (Å²) in [6.45, 7) is 2.60. The zero-order chi connectivity index (χ0) is 12.7. The Labute approximate surface area is 102 Å². The predicted octanol–water partition coefficient (Wildman–Crippen LogP) is 1.48. The molecule has 4 nitrogen and oxygen atoms in total. The minimum atomic E-state index is -0.981. The second-order valence-electron chi connectivity index (χ2n) is 4.20. The van der Waals surface area contributed by atoms with Crippen molar-refractivity contribution in [3.05, 3.63) is 35.9 Å². The van der Waals surface area contributed by atoms with Gasteiger partial charge >= 0.3 is 5.97 Å². The molecule has 17 heavy (non-hydrogen) atoms. The smallest absolute Gasteiger partial charge is 0.325 e. The Balaban J connectivity index is 2.27. The van der Waals surface area contributed by atoms with E-state index in [9.17, 15) is 4.79 Å². The van der Waals surface area contributed by atoms with Gasteiger partial charge in [-0.2, -0.15) is 0 Å². The first-order chi connectivity index (χ1) is 8.06. The highest BCUT2D eigenvalue weighted by molar-refractivity contribution is 5.79. The lowest BCUT2D eigenvalue weighted by molar-refractivity contribution is -0.147. The molecule has 0 aromatic heterocycles. The zero-order valence-electron chi connectivity index (χ0n) is 10.3. The van der Waals surface area contributed by atoms with Crippen molar-refractivity contribution in [2.45, 2.75) is 25.5 Å². The third-order valence-corrected chi connectivity index (χ3v) is 2.53. The minimum Gasteiger partial charge on any atom is -0.468 e.